The van der Waals surface area contributed by atoms with Gasteiger partial charge in [-0.05, 0) is 51.4 Å². The third-order valence-electron chi connectivity index (χ3n) is 9.39. The maximum absolute atomic E-state index is 12.2. The molecule has 0 aromatic heterocycles. The summed E-state index contributed by atoms with van der Waals surface area (Å²) in [5.41, 5.74) is 0. The fraction of sp³-hybridized carbons (Fsp3) is 0.783. The minimum Gasteiger partial charge on any atom is -0.462 e. The molecule has 5 nitrogen and oxygen atoms in total. The van der Waals surface area contributed by atoms with E-state index in [4.69, 9.17) is 9.47 Å². The summed E-state index contributed by atoms with van der Waals surface area (Å²) in [4.78, 5) is 24.2. The second-order valence-electron chi connectivity index (χ2n) is 14.4. The van der Waals surface area contributed by atoms with Crippen LogP contribution in [0.15, 0.2) is 48.6 Å². The topological polar surface area (TPSA) is 72.8 Å². The summed E-state index contributed by atoms with van der Waals surface area (Å²) in [6.07, 6.45) is 53.4. The number of unbranched alkanes of at least 4 members (excludes halogenated alkanes) is 23. The number of ether oxygens (including phenoxy) is 2. The van der Waals surface area contributed by atoms with E-state index < -0.39 is 6.10 Å². The second-order valence-corrected chi connectivity index (χ2v) is 14.4. The number of carbonyl (C=O) groups excluding carboxylic acids is 2. The van der Waals surface area contributed by atoms with Crippen molar-refractivity contribution in [1.82, 2.24) is 0 Å². The van der Waals surface area contributed by atoms with E-state index in [1.165, 1.54) is 122 Å². The molecule has 0 aromatic rings. The third kappa shape index (κ3) is 40.5. The Hall–Kier alpha value is -2.14. The van der Waals surface area contributed by atoms with E-state index in [0.29, 0.717) is 12.8 Å². The van der Waals surface area contributed by atoms with Gasteiger partial charge in [0.1, 0.15) is 6.61 Å². The predicted octanol–water partition coefficient (Wildman–Crippen LogP) is 13.8. The quantitative estimate of drug-likeness (QED) is 0.0390. The first kappa shape index (κ1) is 48.9. The number of carbonyl (C=O) groups is 2. The molecule has 0 fully saturated rings. The Kier molecular flexibility index (Phi) is 40.5. The highest BCUT2D eigenvalue weighted by molar-refractivity contribution is 5.70. The molecular formula is C46H82O5. The van der Waals surface area contributed by atoms with Gasteiger partial charge >= 0.3 is 11.9 Å². The summed E-state index contributed by atoms with van der Waals surface area (Å²) in [6.45, 7) is 4.02. The molecule has 0 radical (unpaired) electrons. The van der Waals surface area contributed by atoms with Crippen molar-refractivity contribution < 1.29 is 24.2 Å². The fourth-order valence-corrected chi connectivity index (χ4v) is 6.13. The summed E-state index contributed by atoms with van der Waals surface area (Å²) in [5.74, 6) is -0.588. The smallest absolute Gasteiger partial charge is 0.306 e. The van der Waals surface area contributed by atoms with Gasteiger partial charge in [-0.2, -0.15) is 0 Å². The highest BCUT2D eigenvalue weighted by atomic mass is 16.6. The standard InChI is InChI=1S/C46H82O5/c1-3-5-7-9-11-13-15-16-17-18-19-20-21-22-23-24-25-26-27-28-29-30-31-33-35-37-39-41-46(49)51-44(42-47)43-50-45(48)40-38-36-34-32-14-12-10-8-6-4-2/h5,7,11,13,16-17,19-20,44,47H,3-4,6,8-10,12,14-15,18,21-43H2,1-2H3/b7-5-,13-11-,17-16-,20-19-. The van der Waals surface area contributed by atoms with Crippen molar-refractivity contribution in [1.29, 1.82) is 0 Å². The van der Waals surface area contributed by atoms with Crippen LogP contribution in [0.5, 0.6) is 0 Å². The zero-order valence-electron chi connectivity index (χ0n) is 33.6. The highest BCUT2D eigenvalue weighted by Gasteiger charge is 2.16. The Morgan fingerprint density at radius 2 is 0.843 bits per heavy atom. The first-order chi connectivity index (χ1) is 25.1. The van der Waals surface area contributed by atoms with Gasteiger partial charge in [-0.1, -0.05) is 197 Å². The summed E-state index contributed by atoms with van der Waals surface area (Å²) < 4.78 is 10.6. The molecule has 0 saturated carbocycles. The van der Waals surface area contributed by atoms with Gasteiger partial charge in [0.05, 0.1) is 6.61 Å². The number of hydrogen-bond donors (Lipinski definition) is 1. The van der Waals surface area contributed by atoms with Crippen molar-refractivity contribution in [3.63, 3.8) is 0 Å². The van der Waals surface area contributed by atoms with E-state index >= 15 is 0 Å². The zero-order valence-corrected chi connectivity index (χ0v) is 33.6. The van der Waals surface area contributed by atoms with Gasteiger partial charge < -0.3 is 14.6 Å². The van der Waals surface area contributed by atoms with Crippen molar-refractivity contribution in [3.05, 3.63) is 48.6 Å². The van der Waals surface area contributed by atoms with Crippen LogP contribution in [-0.2, 0) is 19.1 Å². The average molecular weight is 715 g/mol. The monoisotopic (exact) mass is 715 g/mol. The van der Waals surface area contributed by atoms with Crippen LogP contribution in [0, 0.1) is 0 Å². The summed E-state index contributed by atoms with van der Waals surface area (Å²) in [5, 5.41) is 9.55. The molecule has 296 valence electrons. The van der Waals surface area contributed by atoms with Gasteiger partial charge in [0.2, 0.25) is 0 Å². The molecule has 0 saturated heterocycles. The van der Waals surface area contributed by atoms with Gasteiger partial charge in [0.15, 0.2) is 6.10 Å². The van der Waals surface area contributed by atoms with Crippen molar-refractivity contribution in [2.45, 2.75) is 219 Å². The molecule has 1 atom stereocenters. The molecule has 0 aliphatic rings. The first-order valence-corrected chi connectivity index (χ1v) is 21.7. The number of esters is 2. The van der Waals surface area contributed by atoms with Crippen molar-refractivity contribution >= 4 is 11.9 Å². The van der Waals surface area contributed by atoms with Crippen LogP contribution in [-0.4, -0.2) is 36.4 Å². The van der Waals surface area contributed by atoms with E-state index in [2.05, 4.69) is 62.5 Å². The Morgan fingerprint density at radius 1 is 0.471 bits per heavy atom. The Morgan fingerprint density at radius 3 is 1.27 bits per heavy atom. The highest BCUT2D eigenvalue weighted by Crippen LogP contribution is 2.15. The summed E-state index contributed by atoms with van der Waals surface area (Å²) >= 11 is 0. The number of rotatable bonds is 39. The van der Waals surface area contributed by atoms with Gasteiger partial charge in [-0.3, -0.25) is 9.59 Å². The minimum atomic E-state index is -0.768. The summed E-state index contributed by atoms with van der Waals surface area (Å²) in [7, 11) is 0. The molecule has 1 N–H and O–H groups in total. The SMILES string of the molecule is CC/C=C\C/C=C\C/C=C\C/C=C\CCCCCCCCCCCCCCCCC(=O)OC(CO)COC(=O)CCCCCCCCCCCC. The molecule has 0 bridgehead atoms. The average Bonchev–Trinajstić information content (AvgIpc) is 3.13. The predicted molar refractivity (Wildman–Crippen MR) is 219 cm³/mol. The van der Waals surface area contributed by atoms with Gasteiger partial charge in [0, 0.05) is 12.8 Å². The maximum Gasteiger partial charge on any atom is 0.306 e. The van der Waals surface area contributed by atoms with Crippen LogP contribution in [0.25, 0.3) is 0 Å². The van der Waals surface area contributed by atoms with Gasteiger partial charge in [0.25, 0.3) is 0 Å². The normalized spacial score (nSPS) is 12.6. The van der Waals surface area contributed by atoms with Crippen LogP contribution >= 0.6 is 0 Å². The van der Waals surface area contributed by atoms with E-state index in [0.717, 1.165) is 64.2 Å². The molecule has 0 aliphatic carbocycles. The molecule has 5 heteroatoms. The van der Waals surface area contributed by atoms with Gasteiger partial charge in [-0.25, -0.2) is 0 Å². The first-order valence-electron chi connectivity index (χ1n) is 21.7. The third-order valence-corrected chi connectivity index (χ3v) is 9.39. The lowest BCUT2D eigenvalue weighted by atomic mass is 10.0. The number of aliphatic hydroxyl groups is 1. The molecule has 1 unspecified atom stereocenters. The van der Waals surface area contributed by atoms with E-state index in [1.807, 2.05) is 0 Å². The van der Waals surface area contributed by atoms with Crippen molar-refractivity contribution in [2.75, 3.05) is 13.2 Å². The molecule has 0 amide bonds. The lowest BCUT2D eigenvalue weighted by Gasteiger charge is -2.15. The van der Waals surface area contributed by atoms with E-state index in [9.17, 15) is 14.7 Å². The molecule has 0 heterocycles. The van der Waals surface area contributed by atoms with Gasteiger partial charge in [-0.15, -0.1) is 0 Å². The lowest BCUT2D eigenvalue weighted by Crippen LogP contribution is -2.28. The van der Waals surface area contributed by atoms with Crippen molar-refractivity contribution in [2.24, 2.45) is 0 Å². The van der Waals surface area contributed by atoms with Crippen LogP contribution in [0.2, 0.25) is 0 Å². The van der Waals surface area contributed by atoms with Crippen molar-refractivity contribution in [3.8, 4) is 0 Å². The maximum atomic E-state index is 12.2. The lowest BCUT2D eigenvalue weighted by molar-refractivity contribution is -0.161. The second kappa shape index (κ2) is 42.3. The molecule has 0 aliphatic heterocycles. The number of aliphatic hydroxyl groups excluding tert-OH is 1. The molecular weight excluding hydrogens is 633 g/mol. The van der Waals surface area contributed by atoms with Crippen LogP contribution in [0.3, 0.4) is 0 Å². The Bertz CT molecular complexity index is 858. The number of hydrogen-bond acceptors (Lipinski definition) is 5. The fourth-order valence-electron chi connectivity index (χ4n) is 6.13. The molecule has 0 spiro atoms. The molecule has 0 rings (SSSR count). The van der Waals surface area contributed by atoms with E-state index in [1.54, 1.807) is 0 Å². The van der Waals surface area contributed by atoms with Crippen LogP contribution < -0.4 is 0 Å². The number of allylic oxidation sites excluding steroid dienone is 8. The largest absolute Gasteiger partial charge is 0.462 e. The van der Waals surface area contributed by atoms with Crippen LogP contribution in [0.4, 0.5) is 0 Å². The molecule has 51 heavy (non-hydrogen) atoms. The van der Waals surface area contributed by atoms with E-state index in [-0.39, 0.29) is 25.2 Å². The Balaban J connectivity index is 3.48. The summed E-state index contributed by atoms with van der Waals surface area (Å²) in [6, 6.07) is 0. The minimum absolute atomic E-state index is 0.0634. The Labute approximate surface area is 316 Å². The van der Waals surface area contributed by atoms with Crippen LogP contribution in [0.1, 0.15) is 213 Å². The zero-order chi connectivity index (χ0) is 37.1. The molecule has 0 aromatic carbocycles.